The zero-order chi connectivity index (χ0) is 13.4. The number of fused-ring (bicyclic) bond motifs is 1. The van der Waals surface area contributed by atoms with Crippen LogP contribution in [0.2, 0.25) is 0 Å². The molecule has 0 aliphatic carbocycles. The largest absolute Gasteiger partial charge is 0.270 e. The summed E-state index contributed by atoms with van der Waals surface area (Å²) in [5, 5.41) is 1.16. The summed E-state index contributed by atoms with van der Waals surface area (Å²) in [6, 6.07) is 4.91. The Bertz CT molecular complexity index is 699. The maximum atomic E-state index is 11.5. The normalized spacial score (nSPS) is 16.7. The monoisotopic (exact) mass is 288 g/mol. The first-order valence-corrected chi connectivity index (χ1v) is 8.55. The van der Waals surface area contributed by atoms with Gasteiger partial charge in [-0.05, 0) is 29.7 Å². The Hall–Kier alpha value is -1.18. The van der Waals surface area contributed by atoms with Crippen molar-refractivity contribution in [1.82, 2.24) is 0 Å². The fourth-order valence-electron chi connectivity index (χ4n) is 1.69. The van der Waals surface area contributed by atoms with Crippen molar-refractivity contribution in [3.8, 4) is 0 Å². The second kappa shape index (κ2) is 4.49. The highest BCUT2D eigenvalue weighted by Crippen LogP contribution is 2.27. The van der Waals surface area contributed by atoms with E-state index in [9.17, 15) is 16.8 Å². The molecule has 5 nitrogen and oxygen atoms in total. The third-order valence-electron chi connectivity index (χ3n) is 2.50. The highest BCUT2D eigenvalue weighted by Gasteiger charge is 2.20. The van der Waals surface area contributed by atoms with Crippen LogP contribution < -0.4 is 0 Å². The lowest BCUT2D eigenvalue weighted by molar-refractivity contribution is 0.326. The summed E-state index contributed by atoms with van der Waals surface area (Å²) in [5.41, 5.74) is 1.46. The van der Waals surface area contributed by atoms with Crippen molar-refractivity contribution >= 4 is 26.0 Å². The average molecular weight is 288 g/mol. The molecule has 98 valence electrons. The second-order valence-electron chi connectivity index (χ2n) is 4.00. The number of rotatable bonds is 4. The molecular weight excluding hydrogens is 276 g/mol. The van der Waals surface area contributed by atoms with Gasteiger partial charge in [-0.3, -0.25) is 4.18 Å². The Morgan fingerprint density at radius 1 is 1.28 bits per heavy atom. The van der Waals surface area contributed by atoms with Gasteiger partial charge in [0.15, 0.2) is 9.84 Å². The maximum absolute atomic E-state index is 11.5. The molecule has 0 bridgehead atoms. The number of benzene rings is 1. The quantitative estimate of drug-likeness (QED) is 0.771. The molecule has 0 spiro atoms. The van der Waals surface area contributed by atoms with E-state index < -0.39 is 20.0 Å². The first-order chi connectivity index (χ1) is 8.28. The summed E-state index contributed by atoms with van der Waals surface area (Å²) in [6.07, 6.45) is 2.94. The van der Waals surface area contributed by atoms with Gasteiger partial charge in [-0.25, -0.2) is 8.42 Å². The molecule has 1 aromatic carbocycles. The fourth-order valence-corrected chi connectivity index (χ4v) is 3.26. The Morgan fingerprint density at radius 3 is 2.67 bits per heavy atom. The Kier molecular flexibility index (Phi) is 3.31. The van der Waals surface area contributed by atoms with Gasteiger partial charge in [-0.15, -0.1) is 0 Å². The van der Waals surface area contributed by atoms with E-state index in [1.54, 1.807) is 12.1 Å². The predicted octanol–water partition coefficient (Wildman–Crippen LogP) is 0.963. The van der Waals surface area contributed by atoms with Crippen LogP contribution in [0.1, 0.15) is 11.1 Å². The van der Waals surface area contributed by atoms with Gasteiger partial charge in [-0.2, -0.15) is 8.42 Å². The van der Waals surface area contributed by atoms with Gasteiger partial charge in [0.1, 0.15) is 0 Å². The third kappa shape index (κ3) is 2.98. The molecule has 1 aliphatic rings. The molecule has 0 atom stereocenters. The Morgan fingerprint density at radius 2 is 2.00 bits per heavy atom. The Balaban J connectivity index is 2.12. The van der Waals surface area contributed by atoms with E-state index in [4.69, 9.17) is 0 Å². The van der Waals surface area contributed by atoms with Gasteiger partial charge in [0.05, 0.1) is 17.8 Å². The molecule has 18 heavy (non-hydrogen) atoms. The highest BCUT2D eigenvalue weighted by atomic mass is 32.2. The summed E-state index contributed by atoms with van der Waals surface area (Å²) in [7, 11) is -6.71. The van der Waals surface area contributed by atoms with E-state index in [2.05, 4.69) is 4.18 Å². The number of sulfone groups is 1. The van der Waals surface area contributed by atoms with Crippen molar-refractivity contribution in [1.29, 1.82) is 0 Å². The zero-order valence-electron chi connectivity index (χ0n) is 9.66. The molecule has 0 aromatic heterocycles. The Labute approximate surface area is 106 Å². The van der Waals surface area contributed by atoms with E-state index >= 15 is 0 Å². The van der Waals surface area contributed by atoms with Gasteiger partial charge >= 0.3 is 0 Å². The van der Waals surface area contributed by atoms with Gasteiger partial charge < -0.3 is 0 Å². The molecule has 0 unspecified atom stereocenters. The van der Waals surface area contributed by atoms with Crippen LogP contribution in [-0.2, 0) is 30.6 Å². The van der Waals surface area contributed by atoms with Crippen LogP contribution in [0.25, 0.3) is 6.08 Å². The van der Waals surface area contributed by atoms with E-state index in [0.29, 0.717) is 12.0 Å². The predicted molar refractivity (Wildman–Crippen MR) is 67.2 cm³/mol. The molecule has 1 heterocycles. The molecule has 0 N–H and O–H groups in total. The van der Waals surface area contributed by atoms with Crippen LogP contribution in [0, 0.1) is 0 Å². The summed E-state index contributed by atoms with van der Waals surface area (Å²) in [6.45, 7) is 0.0497. The van der Waals surface area contributed by atoms with Crippen LogP contribution >= 0.6 is 0 Å². The topological polar surface area (TPSA) is 77.5 Å². The molecule has 0 saturated heterocycles. The summed E-state index contributed by atoms with van der Waals surface area (Å²) < 4.78 is 49.2. The molecule has 1 aromatic rings. The summed E-state index contributed by atoms with van der Waals surface area (Å²) in [4.78, 5) is 0.287. The van der Waals surface area contributed by atoms with E-state index in [0.717, 1.165) is 17.2 Å². The van der Waals surface area contributed by atoms with Crippen molar-refractivity contribution < 1.29 is 21.0 Å². The molecule has 0 saturated carbocycles. The van der Waals surface area contributed by atoms with Gasteiger partial charge in [-0.1, -0.05) is 12.1 Å². The molecule has 0 amide bonds. The first kappa shape index (κ1) is 13.3. The lowest BCUT2D eigenvalue weighted by Crippen LogP contribution is -2.06. The van der Waals surface area contributed by atoms with Crippen molar-refractivity contribution in [2.24, 2.45) is 0 Å². The van der Waals surface area contributed by atoms with Crippen LogP contribution in [0.15, 0.2) is 28.5 Å². The van der Waals surface area contributed by atoms with Crippen LogP contribution in [0.4, 0.5) is 0 Å². The third-order valence-corrected chi connectivity index (χ3v) is 4.57. The van der Waals surface area contributed by atoms with Crippen molar-refractivity contribution in [2.75, 3.05) is 12.9 Å². The van der Waals surface area contributed by atoms with Crippen LogP contribution in [-0.4, -0.2) is 29.7 Å². The minimum Gasteiger partial charge on any atom is -0.270 e. The van der Waals surface area contributed by atoms with Crippen molar-refractivity contribution in [2.45, 2.75) is 11.3 Å². The molecule has 7 heteroatoms. The standard InChI is InChI=1S/C11H12O5S2/c1-17(12,13)16-6-4-9-2-3-11-10(8-9)5-7-18(11,14)15/h2-3,5,7-8H,4,6H2,1H3. The van der Waals surface area contributed by atoms with Crippen molar-refractivity contribution in [3.63, 3.8) is 0 Å². The molecule has 1 aliphatic heterocycles. The SMILES string of the molecule is CS(=O)(=O)OCCc1ccc2c(c1)C=CS2(=O)=O. The number of hydrogen-bond acceptors (Lipinski definition) is 5. The highest BCUT2D eigenvalue weighted by molar-refractivity contribution is 7.94. The maximum Gasteiger partial charge on any atom is 0.264 e. The van der Waals surface area contributed by atoms with Crippen LogP contribution in [0.3, 0.4) is 0 Å². The van der Waals surface area contributed by atoms with Gasteiger partial charge in [0.2, 0.25) is 0 Å². The fraction of sp³-hybridized carbons (Fsp3) is 0.273. The second-order valence-corrected chi connectivity index (χ2v) is 7.44. The minimum absolute atomic E-state index is 0.0497. The smallest absolute Gasteiger partial charge is 0.264 e. The van der Waals surface area contributed by atoms with Gasteiger partial charge in [0.25, 0.3) is 10.1 Å². The summed E-state index contributed by atoms with van der Waals surface area (Å²) in [5.74, 6) is 0. The van der Waals surface area contributed by atoms with E-state index in [1.807, 2.05) is 0 Å². The first-order valence-electron chi connectivity index (χ1n) is 5.18. The molecular formula is C11H12O5S2. The van der Waals surface area contributed by atoms with Crippen molar-refractivity contribution in [3.05, 3.63) is 34.7 Å². The van der Waals surface area contributed by atoms with Gasteiger partial charge in [0, 0.05) is 5.41 Å². The van der Waals surface area contributed by atoms with E-state index in [1.165, 1.54) is 12.1 Å². The average Bonchev–Trinajstić information content (AvgIpc) is 2.53. The molecule has 0 fully saturated rings. The lowest BCUT2D eigenvalue weighted by atomic mass is 10.1. The number of hydrogen-bond donors (Lipinski definition) is 0. The van der Waals surface area contributed by atoms with E-state index in [-0.39, 0.29) is 11.5 Å². The summed E-state index contributed by atoms with van der Waals surface area (Å²) >= 11 is 0. The molecule has 2 rings (SSSR count). The molecule has 0 radical (unpaired) electrons. The zero-order valence-corrected chi connectivity index (χ0v) is 11.3. The minimum atomic E-state index is -3.43. The lowest BCUT2D eigenvalue weighted by Gasteiger charge is -2.04. The van der Waals surface area contributed by atoms with Crippen LogP contribution in [0.5, 0.6) is 0 Å².